The van der Waals surface area contributed by atoms with Crippen molar-refractivity contribution in [2.45, 2.75) is 13.1 Å². The first-order valence-corrected chi connectivity index (χ1v) is 8.81. The van der Waals surface area contributed by atoms with Crippen molar-refractivity contribution in [3.63, 3.8) is 0 Å². The third-order valence-corrected chi connectivity index (χ3v) is 4.63. The van der Waals surface area contributed by atoms with E-state index < -0.39 is 17.6 Å². The zero-order valence-electron chi connectivity index (χ0n) is 15.4. The maximum atomic E-state index is 12.7. The van der Waals surface area contributed by atoms with E-state index in [1.54, 1.807) is 6.92 Å². The number of anilines is 1. The van der Waals surface area contributed by atoms with Crippen LogP contribution in [0.1, 0.15) is 20.8 Å². The molecule has 0 aliphatic carbocycles. The summed E-state index contributed by atoms with van der Waals surface area (Å²) in [5, 5.41) is 2.81. The van der Waals surface area contributed by atoms with Crippen LogP contribution in [0.4, 0.5) is 18.3 Å². The van der Waals surface area contributed by atoms with Gasteiger partial charge in [0.2, 0.25) is 11.8 Å². The fourth-order valence-electron chi connectivity index (χ4n) is 2.41. The van der Waals surface area contributed by atoms with E-state index in [2.05, 4.69) is 25.3 Å². The Morgan fingerprint density at radius 1 is 1.10 bits per heavy atom. The van der Waals surface area contributed by atoms with Gasteiger partial charge < -0.3 is 9.47 Å². The van der Waals surface area contributed by atoms with E-state index in [9.17, 15) is 18.0 Å². The Morgan fingerprint density at radius 2 is 1.76 bits per heavy atom. The van der Waals surface area contributed by atoms with Gasteiger partial charge in [0.05, 0.1) is 25.5 Å². The Morgan fingerprint density at radius 3 is 2.28 bits per heavy atom. The molecule has 0 saturated carbocycles. The quantitative estimate of drug-likeness (QED) is 0.667. The summed E-state index contributed by atoms with van der Waals surface area (Å²) in [4.78, 5) is 29.2. The third-order valence-electron chi connectivity index (χ3n) is 3.74. The lowest BCUT2D eigenvalue weighted by Gasteiger charge is -2.09. The molecule has 0 fully saturated rings. The number of carbonyl (C=O) groups is 1. The highest BCUT2D eigenvalue weighted by molar-refractivity contribution is 7.16. The van der Waals surface area contributed by atoms with Gasteiger partial charge in [-0.2, -0.15) is 13.2 Å². The van der Waals surface area contributed by atoms with E-state index in [-0.39, 0.29) is 28.1 Å². The Balaban J connectivity index is 1.87. The molecule has 0 aliphatic rings. The number of aromatic nitrogens is 4. The number of hydrogen-bond donors (Lipinski definition) is 1. The molecule has 0 unspecified atom stereocenters. The van der Waals surface area contributed by atoms with Crippen LogP contribution in [0.5, 0.6) is 11.8 Å². The van der Waals surface area contributed by atoms with Crippen LogP contribution in [-0.2, 0) is 6.18 Å². The molecule has 0 radical (unpaired) electrons. The lowest BCUT2D eigenvalue weighted by atomic mass is 10.2. The molecular weight excluding hydrogens is 411 g/mol. The molecule has 29 heavy (non-hydrogen) atoms. The van der Waals surface area contributed by atoms with Gasteiger partial charge in [0.15, 0.2) is 10.7 Å². The molecule has 0 bridgehead atoms. The number of carbonyl (C=O) groups excluding carboxylic acids is 1. The second-order valence-corrected chi connectivity index (χ2v) is 6.78. The zero-order valence-corrected chi connectivity index (χ0v) is 16.2. The molecule has 1 N–H and O–H groups in total. The summed E-state index contributed by atoms with van der Waals surface area (Å²) < 4.78 is 48.3. The Labute approximate surface area is 166 Å². The number of halogens is 3. The molecule has 0 atom stereocenters. The fraction of sp³-hybridized carbons (Fsp3) is 0.235. The van der Waals surface area contributed by atoms with Crippen LogP contribution in [-0.4, -0.2) is 40.1 Å². The number of pyridine rings is 1. The summed E-state index contributed by atoms with van der Waals surface area (Å²) >= 11 is 1.14. The van der Waals surface area contributed by atoms with Crippen LogP contribution in [0.3, 0.4) is 0 Å². The first-order chi connectivity index (χ1) is 13.7. The second kappa shape index (κ2) is 7.99. The van der Waals surface area contributed by atoms with Gasteiger partial charge in [-0.05, 0) is 19.1 Å². The van der Waals surface area contributed by atoms with Crippen molar-refractivity contribution in [3.05, 3.63) is 40.7 Å². The van der Waals surface area contributed by atoms with Crippen molar-refractivity contribution in [3.8, 4) is 23.1 Å². The lowest BCUT2D eigenvalue weighted by molar-refractivity contribution is -0.137. The van der Waals surface area contributed by atoms with E-state index in [1.807, 2.05) is 0 Å². The highest BCUT2D eigenvalue weighted by atomic mass is 32.1. The van der Waals surface area contributed by atoms with Crippen LogP contribution in [0.15, 0.2) is 24.7 Å². The summed E-state index contributed by atoms with van der Waals surface area (Å²) in [7, 11) is 2.70. The summed E-state index contributed by atoms with van der Waals surface area (Å²) in [6.45, 7) is 1.72. The molecule has 8 nitrogen and oxygen atoms in total. The Bertz CT molecular complexity index is 1020. The zero-order chi connectivity index (χ0) is 21.2. The van der Waals surface area contributed by atoms with Gasteiger partial charge in [-0.1, -0.05) is 0 Å². The molecule has 3 rings (SSSR count). The molecule has 3 aromatic heterocycles. The van der Waals surface area contributed by atoms with Gasteiger partial charge in [0.25, 0.3) is 5.91 Å². The largest absolute Gasteiger partial charge is 0.480 e. The average molecular weight is 425 g/mol. The van der Waals surface area contributed by atoms with E-state index in [0.29, 0.717) is 10.6 Å². The minimum atomic E-state index is -4.47. The van der Waals surface area contributed by atoms with E-state index in [1.165, 1.54) is 26.6 Å². The number of nitrogens with one attached hydrogen (secondary N) is 1. The predicted octanol–water partition coefficient (Wildman–Crippen LogP) is 3.59. The minimum absolute atomic E-state index is 0.0143. The number of amides is 1. The first kappa shape index (κ1) is 20.5. The Kier molecular flexibility index (Phi) is 5.64. The third kappa shape index (κ3) is 4.26. The molecule has 3 heterocycles. The van der Waals surface area contributed by atoms with Crippen LogP contribution in [0.25, 0.3) is 11.4 Å². The minimum Gasteiger partial charge on any atom is -0.480 e. The van der Waals surface area contributed by atoms with Crippen molar-refractivity contribution < 1.29 is 27.4 Å². The molecule has 0 aromatic carbocycles. The molecule has 152 valence electrons. The van der Waals surface area contributed by atoms with Gasteiger partial charge in [0, 0.05) is 11.1 Å². The fourth-order valence-corrected chi connectivity index (χ4v) is 3.22. The number of rotatable bonds is 5. The number of alkyl halides is 3. The first-order valence-electron chi connectivity index (χ1n) is 8.00. The van der Waals surface area contributed by atoms with Crippen LogP contribution in [0, 0.1) is 6.92 Å². The number of ether oxygens (including phenoxy) is 2. The van der Waals surface area contributed by atoms with Crippen molar-refractivity contribution in [2.75, 3.05) is 19.5 Å². The van der Waals surface area contributed by atoms with Crippen LogP contribution >= 0.6 is 11.3 Å². The molecular formula is C17H14F3N5O3S. The van der Waals surface area contributed by atoms with Crippen LogP contribution < -0.4 is 14.8 Å². The predicted molar refractivity (Wildman–Crippen MR) is 98.2 cm³/mol. The van der Waals surface area contributed by atoms with E-state index in [0.717, 1.165) is 23.6 Å². The average Bonchev–Trinajstić information content (AvgIpc) is 3.06. The van der Waals surface area contributed by atoms with Gasteiger partial charge in [-0.15, -0.1) is 11.3 Å². The summed E-state index contributed by atoms with van der Waals surface area (Å²) in [5.74, 6) is -0.570. The van der Waals surface area contributed by atoms with Crippen molar-refractivity contribution in [2.24, 2.45) is 0 Å². The SMILES string of the molecule is COc1ncnc(OC)c1C(=O)Nc1nc(-c2ccc(C(F)(F)F)cn2)c(C)s1. The molecule has 1 amide bonds. The number of methoxy groups -OCH3 is 2. The molecule has 3 aromatic rings. The summed E-state index contributed by atoms with van der Waals surface area (Å²) in [5.41, 5.74) is -0.252. The van der Waals surface area contributed by atoms with Crippen molar-refractivity contribution >= 4 is 22.4 Å². The highest BCUT2D eigenvalue weighted by Gasteiger charge is 2.31. The number of thiazole rings is 1. The van der Waals surface area contributed by atoms with E-state index in [4.69, 9.17) is 9.47 Å². The molecule has 0 saturated heterocycles. The maximum absolute atomic E-state index is 12.7. The number of nitrogens with zero attached hydrogens (tertiary/aromatic N) is 4. The summed E-state index contributed by atoms with van der Waals surface area (Å²) in [6, 6.07) is 2.16. The standard InChI is InChI=1S/C17H14F3N5O3S/c1-8-12(10-5-4-9(6-21-10)17(18,19)20)24-16(29-8)25-13(26)11-14(27-2)22-7-23-15(11)28-3/h4-7H,1-3H3,(H,24,25,26). The smallest absolute Gasteiger partial charge is 0.417 e. The maximum Gasteiger partial charge on any atom is 0.417 e. The van der Waals surface area contributed by atoms with Crippen LogP contribution in [0.2, 0.25) is 0 Å². The summed E-state index contributed by atoms with van der Waals surface area (Å²) in [6.07, 6.45) is -2.54. The highest BCUT2D eigenvalue weighted by Crippen LogP contribution is 2.33. The molecule has 12 heteroatoms. The normalized spacial score (nSPS) is 11.2. The van der Waals surface area contributed by atoms with Gasteiger partial charge in [-0.3, -0.25) is 15.1 Å². The van der Waals surface area contributed by atoms with Crippen molar-refractivity contribution in [1.82, 2.24) is 19.9 Å². The van der Waals surface area contributed by atoms with E-state index >= 15 is 0 Å². The number of aryl methyl sites for hydroxylation is 1. The lowest BCUT2D eigenvalue weighted by Crippen LogP contribution is -2.16. The topological polar surface area (TPSA) is 99.1 Å². The van der Waals surface area contributed by atoms with Gasteiger partial charge in [0.1, 0.15) is 12.0 Å². The molecule has 0 spiro atoms. The second-order valence-electron chi connectivity index (χ2n) is 5.58. The molecule has 0 aliphatic heterocycles. The van der Waals surface area contributed by atoms with Gasteiger partial charge >= 0.3 is 6.18 Å². The monoisotopic (exact) mass is 425 g/mol. The van der Waals surface area contributed by atoms with Crippen molar-refractivity contribution in [1.29, 1.82) is 0 Å². The Hall–Kier alpha value is -3.28. The van der Waals surface area contributed by atoms with Gasteiger partial charge in [-0.25, -0.2) is 15.0 Å². The number of hydrogen-bond acceptors (Lipinski definition) is 8.